The quantitative estimate of drug-likeness (QED) is 0.737. The predicted octanol–water partition coefficient (Wildman–Crippen LogP) is 3.86. The van der Waals surface area contributed by atoms with E-state index < -0.39 is 0 Å². The molecule has 5 heteroatoms. The van der Waals surface area contributed by atoms with Gasteiger partial charge in [0.1, 0.15) is 5.75 Å². The van der Waals surface area contributed by atoms with E-state index in [4.69, 9.17) is 4.74 Å². The Hall–Kier alpha value is -0.100. The first-order valence-electron chi connectivity index (χ1n) is 6.42. The number of aliphatic hydroxyl groups excluding tert-OH is 1. The van der Waals surface area contributed by atoms with Crippen LogP contribution in [0.3, 0.4) is 0 Å². The number of rotatable bonds is 7. The Morgan fingerprint density at radius 1 is 1.21 bits per heavy atom. The van der Waals surface area contributed by atoms with Crippen molar-refractivity contribution in [3.63, 3.8) is 0 Å². The summed E-state index contributed by atoms with van der Waals surface area (Å²) < 4.78 is 7.53. The van der Waals surface area contributed by atoms with Crippen molar-refractivity contribution in [2.24, 2.45) is 0 Å². The normalized spacial score (nSPS) is 12.8. The molecule has 19 heavy (non-hydrogen) atoms. The molecule has 0 radical (unpaired) electrons. The van der Waals surface area contributed by atoms with Crippen LogP contribution in [-0.4, -0.2) is 23.9 Å². The van der Waals surface area contributed by atoms with Crippen molar-refractivity contribution in [3.8, 4) is 5.75 Å². The summed E-state index contributed by atoms with van der Waals surface area (Å²) in [7, 11) is 0. The fraction of sp³-hybridized carbons (Fsp3) is 0.571. The summed E-state index contributed by atoms with van der Waals surface area (Å²) in [4.78, 5) is 0. The molecule has 0 saturated heterocycles. The third-order valence-corrected chi connectivity index (χ3v) is 3.73. The molecule has 1 atom stereocenters. The Balaban J connectivity index is 2.68. The molecule has 3 nitrogen and oxygen atoms in total. The number of ether oxygens (including phenoxy) is 1. The van der Waals surface area contributed by atoms with Gasteiger partial charge in [0.25, 0.3) is 0 Å². The van der Waals surface area contributed by atoms with Crippen LogP contribution in [0.1, 0.15) is 32.8 Å². The van der Waals surface area contributed by atoms with E-state index >= 15 is 0 Å². The average molecular weight is 395 g/mol. The number of halogens is 2. The average Bonchev–Trinajstić information content (AvgIpc) is 2.29. The Labute approximate surface area is 132 Å². The van der Waals surface area contributed by atoms with Gasteiger partial charge in [-0.15, -0.1) is 0 Å². The second-order valence-electron chi connectivity index (χ2n) is 4.91. The van der Waals surface area contributed by atoms with E-state index in [2.05, 4.69) is 63.2 Å². The first kappa shape index (κ1) is 17.0. The van der Waals surface area contributed by atoms with Crippen LogP contribution in [0.2, 0.25) is 0 Å². The van der Waals surface area contributed by atoms with Crippen molar-refractivity contribution >= 4 is 31.9 Å². The lowest BCUT2D eigenvalue weighted by atomic mass is 10.2. The molecule has 0 saturated carbocycles. The molecule has 0 spiro atoms. The summed E-state index contributed by atoms with van der Waals surface area (Å²) in [5.74, 6) is 0.786. The molecule has 0 bridgehead atoms. The lowest BCUT2D eigenvalue weighted by molar-refractivity contribution is 0.155. The SMILES string of the molecule is CC(O)CCOc1c(Br)cc(CNC(C)C)cc1Br. The predicted molar refractivity (Wildman–Crippen MR) is 85.6 cm³/mol. The monoisotopic (exact) mass is 393 g/mol. The lowest BCUT2D eigenvalue weighted by Gasteiger charge is -2.14. The minimum absolute atomic E-state index is 0.341. The fourth-order valence-corrected chi connectivity index (χ4v) is 3.02. The number of benzene rings is 1. The van der Waals surface area contributed by atoms with Crippen LogP contribution in [0.15, 0.2) is 21.1 Å². The zero-order valence-corrected chi connectivity index (χ0v) is 14.7. The zero-order valence-electron chi connectivity index (χ0n) is 11.5. The standard InChI is InChI=1S/C14H21Br2NO2/c1-9(2)17-8-11-6-12(15)14(13(16)7-11)19-5-4-10(3)18/h6-7,9-10,17-18H,4-5,8H2,1-3H3. The fourth-order valence-electron chi connectivity index (χ4n) is 1.51. The van der Waals surface area contributed by atoms with Crippen molar-refractivity contribution < 1.29 is 9.84 Å². The second kappa shape index (κ2) is 8.25. The van der Waals surface area contributed by atoms with Gasteiger partial charge < -0.3 is 15.2 Å². The van der Waals surface area contributed by atoms with Gasteiger partial charge in [-0.2, -0.15) is 0 Å². The molecule has 0 aliphatic carbocycles. The summed E-state index contributed by atoms with van der Waals surface area (Å²) in [5.41, 5.74) is 1.19. The van der Waals surface area contributed by atoms with E-state index in [1.807, 2.05) is 0 Å². The van der Waals surface area contributed by atoms with Gasteiger partial charge in [-0.25, -0.2) is 0 Å². The number of nitrogens with one attached hydrogen (secondary N) is 1. The van der Waals surface area contributed by atoms with Crippen molar-refractivity contribution in [3.05, 3.63) is 26.6 Å². The third-order valence-electron chi connectivity index (χ3n) is 2.55. The second-order valence-corrected chi connectivity index (χ2v) is 6.62. The number of aliphatic hydroxyl groups is 1. The number of hydrogen-bond acceptors (Lipinski definition) is 3. The van der Waals surface area contributed by atoms with Crippen LogP contribution < -0.4 is 10.1 Å². The molecular formula is C14H21Br2NO2. The lowest BCUT2D eigenvalue weighted by Crippen LogP contribution is -2.21. The maximum atomic E-state index is 9.22. The highest BCUT2D eigenvalue weighted by atomic mass is 79.9. The molecule has 0 aromatic heterocycles. The van der Waals surface area contributed by atoms with Crippen LogP contribution >= 0.6 is 31.9 Å². The van der Waals surface area contributed by atoms with Crippen molar-refractivity contribution in [1.29, 1.82) is 0 Å². The van der Waals surface area contributed by atoms with E-state index in [-0.39, 0.29) is 6.10 Å². The van der Waals surface area contributed by atoms with E-state index in [1.54, 1.807) is 6.92 Å². The highest BCUT2D eigenvalue weighted by Gasteiger charge is 2.10. The Bertz CT molecular complexity index is 385. The molecule has 0 aliphatic rings. The van der Waals surface area contributed by atoms with Crippen LogP contribution in [0.25, 0.3) is 0 Å². The molecule has 1 unspecified atom stereocenters. The van der Waals surface area contributed by atoms with Gasteiger partial charge >= 0.3 is 0 Å². The van der Waals surface area contributed by atoms with Gasteiger partial charge in [0.15, 0.2) is 0 Å². The zero-order chi connectivity index (χ0) is 14.4. The Kier molecular flexibility index (Phi) is 7.36. The summed E-state index contributed by atoms with van der Waals surface area (Å²) in [5, 5.41) is 12.6. The van der Waals surface area contributed by atoms with Crippen molar-refractivity contribution in [2.45, 2.75) is 45.9 Å². The Morgan fingerprint density at radius 3 is 2.26 bits per heavy atom. The summed E-state index contributed by atoms with van der Waals surface area (Å²) in [6.45, 7) is 7.32. The van der Waals surface area contributed by atoms with Gasteiger partial charge in [0.2, 0.25) is 0 Å². The Morgan fingerprint density at radius 2 is 1.79 bits per heavy atom. The minimum Gasteiger partial charge on any atom is -0.491 e. The molecule has 1 aromatic rings. The van der Waals surface area contributed by atoms with Crippen molar-refractivity contribution in [1.82, 2.24) is 5.32 Å². The van der Waals surface area contributed by atoms with E-state index in [0.717, 1.165) is 21.2 Å². The molecule has 0 heterocycles. The van der Waals surface area contributed by atoms with Crippen LogP contribution in [-0.2, 0) is 6.54 Å². The van der Waals surface area contributed by atoms with Crippen LogP contribution in [0.4, 0.5) is 0 Å². The first-order valence-corrected chi connectivity index (χ1v) is 8.01. The van der Waals surface area contributed by atoms with Crippen LogP contribution in [0, 0.1) is 0 Å². The molecule has 1 rings (SSSR count). The molecule has 0 amide bonds. The van der Waals surface area contributed by atoms with Crippen LogP contribution in [0.5, 0.6) is 5.75 Å². The molecule has 0 aliphatic heterocycles. The summed E-state index contributed by atoms with van der Waals surface area (Å²) >= 11 is 7.05. The highest BCUT2D eigenvalue weighted by Crippen LogP contribution is 2.35. The highest BCUT2D eigenvalue weighted by molar-refractivity contribution is 9.11. The van der Waals surface area contributed by atoms with Gasteiger partial charge in [-0.3, -0.25) is 0 Å². The first-order chi connectivity index (χ1) is 8.90. The summed E-state index contributed by atoms with van der Waals surface area (Å²) in [6, 6.07) is 4.56. The molecule has 2 N–H and O–H groups in total. The molecule has 0 fully saturated rings. The van der Waals surface area contributed by atoms with Gasteiger partial charge in [0.05, 0.1) is 21.7 Å². The maximum absolute atomic E-state index is 9.22. The topological polar surface area (TPSA) is 41.5 Å². The van der Waals surface area contributed by atoms with Gasteiger partial charge in [0, 0.05) is 19.0 Å². The molecule has 1 aromatic carbocycles. The molecular weight excluding hydrogens is 374 g/mol. The van der Waals surface area contributed by atoms with E-state index in [1.165, 1.54) is 5.56 Å². The van der Waals surface area contributed by atoms with Gasteiger partial charge in [-0.1, -0.05) is 13.8 Å². The smallest absolute Gasteiger partial charge is 0.147 e. The maximum Gasteiger partial charge on any atom is 0.147 e. The molecule has 108 valence electrons. The minimum atomic E-state index is -0.341. The third kappa shape index (κ3) is 6.25. The van der Waals surface area contributed by atoms with E-state index in [9.17, 15) is 5.11 Å². The largest absolute Gasteiger partial charge is 0.491 e. The number of hydrogen-bond donors (Lipinski definition) is 2. The van der Waals surface area contributed by atoms with Gasteiger partial charge in [-0.05, 0) is 56.5 Å². The van der Waals surface area contributed by atoms with Crippen molar-refractivity contribution in [2.75, 3.05) is 6.61 Å². The summed E-state index contributed by atoms with van der Waals surface area (Å²) in [6.07, 6.45) is 0.280. The van der Waals surface area contributed by atoms with E-state index in [0.29, 0.717) is 19.1 Å².